The molecule has 0 bridgehead atoms. The Morgan fingerprint density at radius 3 is 2.84 bits per heavy atom. The summed E-state index contributed by atoms with van der Waals surface area (Å²) in [5.41, 5.74) is 1.37. The lowest BCUT2D eigenvalue weighted by Gasteiger charge is -2.37. The molecule has 0 aromatic carbocycles. The van der Waals surface area contributed by atoms with Gasteiger partial charge >= 0.3 is 0 Å². The molecule has 0 aliphatic heterocycles. The molecule has 1 aliphatic rings. The highest BCUT2D eigenvalue weighted by molar-refractivity contribution is 5.11. The predicted octanol–water partition coefficient (Wildman–Crippen LogP) is 3.82. The number of nitrogens with zero attached hydrogens (tertiary/aromatic N) is 1. The average Bonchev–Trinajstić information content (AvgIpc) is 2.48. The molecule has 3 unspecified atom stereocenters. The first kappa shape index (κ1) is 14.5. The van der Waals surface area contributed by atoms with Crippen LogP contribution in [0, 0.1) is 11.8 Å². The number of pyridine rings is 1. The molecule has 1 heterocycles. The van der Waals surface area contributed by atoms with Gasteiger partial charge in [-0.15, -0.1) is 0 Å². The van der Waals surface area contributed by atoms with Crippen LogP contribution in [0.2, 0.25) is 0 Å². The highest BCUT2D eigenvalue weighted by Gasteiger charge is 2.30. The van der Waals surface area contributed by atoms with Crippen LogP contribution in [0.15, 0.2) is 24.5 Å². The van der Waals surface area contributed by atoms with Crippen LogP contribution in [0.25, 0.3) is 0 Å². The van der Waals surface area contributed by atoms with Crippen molar-refractivity contribution in [2.75, 3.05) is 6.54 Å². The van der Waals surface area contributed by atoms with E-state index in [1.165, 1.54) is 37.7 Å². The quantitative estimate of drug-likeness (QED) is 0.841. The predicted molar refractivity (Wildman–Crippen MR) is 81.1 cm³/mol. The molecule has 3 atom stereocenters. The van der Waals surface area contributed by atoms with Crippen LogP contribution in [-0.2, 0) is 6.42 Å². The summed E-state index contributed by atoms with van der Waals surface area (Å²) < 4.78 is 0. The van der Waals surface area contributed by atoms with Crippen LogP contribution in [0.3, 0.4) is 0 Å². The van der Waals surface area contributed by atoms with Gasteiger partial charge in [0.1, 0.15) is 0 Å². The van der Waals surface area contributed by atoms with E-state index in [4.69, 9.17) is 0 Å². The summed E-state index contributed by atoms with van der Waals surface area (Å²) in [6.07, 6.45) is 12.0. The van der Waals surface area contributed by atoms with Crippen LogP contribution in [0.1, 0.15) is 51.5 Å². The molecule has 1 aromatic heterocycles. The molecular weight excluding hydrogens is 232 g/mol. The largest absolute Gasteiger partial charge is 0.314 e. The van der Waals surface area contributed by atoms with Crippen molar-refractivity contribution >= 4 is 0 Å². The summed E-state index contributed by atoms with van der Waals surface area (Å²) in [4.78, 5) is 4.25. The normalized spacial score (nSPS) is 25.2. The Labute approximate surface area is 118 Å². The van der Waals surface area contributed by atoms with Gasteiger partial charge in [0.05, 0.1) is 0 Å². The summed E-state index contributed by atoms with van der Waals surface area (Å²) in [6, 6.07) is 4.89. The third kappa shape index (κ3) is 4.04. The van der Waals surface area contributed by atoms with Crippen LogP contribution in [0.5, 0.6) is 0 Å². The molecule has 2 rings (SSSR count). The van der Waals surface area contributed by atoms with Gasteiger partial charge < -0.3 is 5.32 Å². The Balaban J connectivity index is 2.05. The first-order valence-corrected chi connectivity index (χ1v) is 7.97. The van der Waals surface area contributed by atoms with Gasteiger partial charge in [0.2, 0.25) is 0 Å². The van der Waals surface area contributed by atoms with Crippen molar-refractivity contribution in [3.8, 4) is 0 Å². The fourth-order valence-corrected chi connectivity index (χ4v) is 3.68. The van der Waals surface area contributed by atoms with Crippen LogP contribution in [-0.4, -0.2) is 17.6 Å². The van der Waals surface area contributed by atoms with Crippen molar-refractivity contribution in [1.29, 1.82) is 0 Å². The van der Waals surface area contributed by atoms with Gasteiger partial charge in [-0.05, 0) is 42.9 Å². The summed E-state index contributed by atoms with van der Waals surface area (Å²) in [7, 11) is 0. The van der Waals surface area contributed by atoms with Crippen molar-refractivity contribution in [3.63, 3.8) is 0 Å². The highest BCUT2D eigenvalue weighted by Crippen LogP contribution is 2.35. The van der Waals surface area contributed by atoms with Crippen molar-refractivity contribution in [3.05, 3.63) is 30.1 Å². The standard InChI is InChI=1S/C17H28N2/c1-3-15-9-5-6-10-16(15)17(19-4-2)12-14-8-7-11-18-13-14/h7-8,11,13,15-17,19H,3-6,9-10,12H2,1-2H3. The molecule has 1 fully saturated rings. The summed E-state index contributed by atoms with van der Waals surface area (Å²) in [6.45, 7) is 5.65. The molecule has 0 amide bonds. The Bertz CT molecular complexity index is 350. The minimum absolute atomic E-state index is 0.624. The molecule has 1 N–H and O–H groups in total. The Morgan fingerprint density at radius 2 is 2.16 bits per heavy atom. The Hall–Kier alpha value is -0.890. The van der Waals surface area contributed by atoms with Crippen LogP contribution < -0.4 is 5.32 Å². The first-order valence-electron chi connectivity index (χ1n) is 7.97. The smallest absolute Gasteiger partial charge is 0.0300 e. The van der Waals surface area contributed by atoms with Gasteiger partial charge in [-0.3, -0.25) is 4.98 Å². The van der Waals surface area contributed by atoms with E-state index < -0.39 is 0 Å². The topological polar surface area (TPSA) is 24.9 Å². The van der Waals surface area contributed by atoms with E-state index in [0.29, 0.717) is 6.04 Å². The lowest BCUT2D eigenvalue weighted by molar-refractivity contribution is 0.175. The number of nitrogens with one attached hydrogen (secondary N) is 1. The highest BCUT2D eigenvalue weighted by atomic mass is 14.9. The van der Waals surface area contributed by atoms with Gasteiger partial charge in [0, 0.05) is 18.4 Å². The van der Waals surface area contributed by atoms with Gasteiger partial charge in [-0.1, -0.05) is 45.6 Å². The van der Waals surface area contributed by atoms with Crippen LogP contribution in [0.4, 0.5) is 0 Å². The molecule has 0 radical (unpaired) electrons. The monoisotopic (exact) mass is 260 g/mol. The zero-order valence-electron chi connectivity index (χ0n) is 12.4. The molecular formula is C17H28N2. The van der Waals surface area contributed by atoms with Gasteiger partial charge in [0.15, 0.2) is 0 Å². The van der Waals surface area contributed by atoms with E-state index in [2.05, 4.69) is 36.3 Å². The zero-order chi connectivity index (χ0) is 13.5. The van der Waals surface area contributed by atoms with E-state index >= 15 is 0 Å². The second-order valence-electron chi connectivity index (χ2n) is 5.85. The molecule has 1 saturated carbocycles. The molecule has 0 spiro atoms. The molecule has 106 valence electrons. The van der Waals surface area contributed by atoms with E-state index in [1.807, 2.05) is 12.4 Å². The van der Waals surface area contributed by atoms with Gasteiger partial charge in [-0.25, -0.2) is 0 Å². The van der Waals surface area contributed by atoms with Crippen molar-refractivity contribution in [1.82, 2.24) is 10.3 Å². The van der Waals surface area contributed by atoms with Crippen LogP contribution >= 0.6 is 0 Å². The average molecular weight is 260 g/mol. The summed E-state index contributed by atoms with van der Waals surface area (Å²) in [5.74, 6) is 1.76. The SMILES string of the molecule is CCNC(Cc1cccnc1)C1CCCCC1CC. The fourth-order valence-electron chi connectivity index (χ4n) is 3.68. The third-order valence-corrected chi connectivity index (χ3v) is 4.65. The maximum absolute atomic E-state index is 4.25. The van der Waals surface area contributed by atoms with E-state index in [-0.39, 0.29) is 0 Å². The summed E-state index contributed by atoms with van der Waals surface area (Å²) in [5, 5.41) is 3.74. The van der Waals surface area contributed by atoms with Crippen molar-refractivity contribution in [2.45, 2.75) is 58.4 Å². The number of rotatable bonds is 6. The number of hydrogen-bond donors (Lipinski definition) is 1. The van der Waals surface area contributed by atoms with Gasteiger partial charge in [0.25, 0.3) is 0 Å². The third-order valence-electron chi connectivity index (χ3n) is 4.65. The van der Waals surface area contributed by atoms with E-state index in [1.54, 1.807) is 0 Å². The molecule has 2 nitrogen and oxygen atoms in total. The lowest BCUT2D eigenvalue weighted by atomic mass is 9.73. The maximum Gasteiger partial charge on any atom is 0.0300 e. The number of likely N-dealkylation sites (N-methyl/N-ethyl adjacent to an activating group) is 1. The van der Waals surface area contributed by atoms with Gasteiger partial charge in [-0.2, -0.15) is 0 Å². The zero-order valence-corrected chi connectivity index (χ0v) is 12.4. The molecule has 2 heteroatoms. The lowest BCUT2D eigenvalue weighted by Crippen LogP contribution is -2.42. The van der Waals surface area contributed by atoms with E-state index in [9.17, 15) is 0 Å². The maximum atomic E-state index is 4.25. The second kappa shape index (κ2) is 7.64. The first-order chi connectivity index (χ1) is 9.35. The second-order valence-corrected chi connectivity index (χ2v) is 5.85. The summed E-state index contributed by atoms with van der Waals surface area (Å²) >= 11 is 0. The molecule has 0 saturated heterocycles. The minimum atomic E-state index is 0.624. The Kier molecular flexibility index (Phi) is 5.84. The number of hydrogen-bond acceptors (Lipinski definition) is 2. The molecule has 1 aliphatic carbocycles. The minimum Gasteiger partial charge on any atom is -0.314 e. The molecule has 1 aromatic rings. The fraction of sp³-hybridized carbons (Fsp3) is 0.706. The molecule has 19 heavy (non-hydrogen) atoms. The van der Waals surface area contributed by atoms with E-state index in [0.717, 1.165) is 24.8 Å². The van der Waals surface area contributed by atoms with Crippen molar-refractivity contribution < 1.29 is 0 Å². The van der Waals surface area contributed by atoms with Crippen molar-refractivity contribution in [2.24, 2.45) is 11.8 Å². The number of aromatic nitrogens is 1. The Morgan fingerprint density at radius 1 is 1.32 bits per heavy atom.